The maximum absolute atomic E-state index is 3.63. The van der Waals surface area contributed by atoms with Crippen molar-refractivity contribution in [3.63, 3.8) is 0 Å². The van der Waals surface area contributed by atoms with Gasteiger partial charge in [0, 0.05) is 9.79 Å². The minimum atomic E-state index is 1.18. The Balaban J connectivity index is 2.44. The van der Waals surface area contributed by atoms with Crippen molar-refractivity contribution < 1.29 is 0 Å². The van der Waals surface area contributed by atoms with Gasteiger partial charge in [0.25, 0.3) is 0 Å². The molecule has 92 valence electrons. The number of thiophene rings is 2. The van der Waals surface area contributed by atoms with E-state index in [0.717, 1.165) is 0 Å². The van der Waals surface area contributed by atoms with Gasteiger partial charge in [-0.2, -0.15) is 0 Å². The van der Waals surface area contributed by atoms with Gasteiger partial charge in [-0.1, -0.05) is 11.8 Å². The lowest BCUT2D eigenvalue weighted by molar-refractivity contribution is 1.30. The maximum atomic E-state index is 3.63. The lowest BCUT2D eigenvalue weighted by atomic mass is 10.4. The third kappa shape index (κ3) is 3.06. The third-order valence-corrected chi connectivity index (χ3v) is 10.1. The molecule has 2 aromatic heterocycles. The van der Waals surface area contributed by atoms with Crippen LogP contribution in [0, 0.1) is 13.8 Å². The van der Waals surface area contributed by atoms with E-state index in [2.05, 4.69) is 77.6 Å². The Bertz CT molecular complexity index is 520. The molecule has 0 nitrogen and oxygen atoms in total. The molecule has 0 aliphatic rings. The largest absolute Gasteiger partial charge is 0.120 e. The zero-order valence-corrected chi connectivity index (χ0v) is 17.5. The molecule has 0 aromatic carbocycles. The summed E-state index contributed by atoms with van der Waals surface area (Å²) in [6.45, 7) is 4.27. The van der Waals surface area contributed by atoms with Crippen molar-refractivity contribution in [3.05, 3.63) is 26.3 Å². The highest BCUT2D eigenvalue weighted by molar-refractivity contribution is 9.12. The fourth-order valence-electron chi connectivity index (χ4n) is 1.21. The fourth-order valence-corrected chi connectivity index (χ4v) is 9.02. The monoisotopic (exact) mass is 538 g/mol. The molecule has 0 amide bonds. The van der Waals surface area contributed by atoms with Crippen LogP contribution in [0.15, 0.2) is 24.9 Å². The number of hydrogen-bond acceptors (Lipinski definition) is 3. The number of rotatable bonds is 2. The molecule has 0 saturated carbocycles. The first-order chi connectivity index (χ1) is 7.91. The van der Waals surface area contributed by atoms with E-state index in [1.54, 1.807) is 34.4 Å². The smallest absolute Gasteiger partial charge is 0.0852 e. The van der Waals surface area contributed by atoms with Gasteiger partial charge in [-0.15, -0.1) is 22.7 Å². The quantitative estimate of drug-likeness (QED) is 0.377. The molecule has 17 heavy (non-hydrogen) atoms. The van der Waals surface area contributed by atoms with E-state index < -0.39 is 0 Å². The SMILES string of the molecule is Cc1c(Br)sc(Br)c1Sc1c(Br)sc(Br)c1C. The van der Waals surface area contributed by atoms with Crippen molar-refractivity contribution in [3.8, 4) is 0 Å². The topological polar surface area (TPSA) is 0 Å². The van der Waals surface area contributed by atoms with E-state index in [-0.39, 0.29) is 0 Å². The van der Waals surface area contributed by atoms with E-state index >= 15 is 0 Å². The zero-order valence-electron chi connectivity index (χ0n) is 8.74. The highest BCUT2D eigenvalue weighted by atomic mass is 79.9. The zero-order chi connectivity index (χ0) is 12.7. The molecule has 0 atom stereocenters. The van der Waals surface area contributed by atoms with Gasteiger partial charge in [0.05, 0.1) is 15.1 Å². The molecule has 2 aromatic rings. The minimum Gasteiger partial charge on any atom is -0.120 e. The van der Waals surface area contributed by atoms with Gasteiger partial charge in [0.15, 0.2) is 0 Å². The molecule has 0 saturated heterocycles. The van der Waals surface area contributed by atoms with Crippen LogP contribution in [0.3, 0.4) is 0 Å². The maximum Gasteiger partial charge on any atom is 0.0852 e. The average molecular weight is 542 g/mol. The van der Waals surface area contributed by atoms with Crippen molar-refractivity contribution in [2.45, 2.75) is 23.6 Å². The molecule has 0 unspecified atom stereocenters. The second-order valence-corrected chi connectivity index (χ2v) is 11.6. The molecule has 0 aliphatic heterocycles. The Morgan fingerprint density at radius 1 is 0.706 bits per heavy atom. The molecular weight excluding hydrogens is 536 g/mol. The molecular formula is C10H6Br4S3. The number of hydrogen-bond donors (Lipinski definition) is 0. The van der Waals surface area contributed by atoms with Gasteiger partial charge in [-0.25, -0.2) is 0 Å². The molecule has 2 rings (SSSR count). The Morgan fingerprint density at radius 2 is 1.06 bits per heavy atom. The first-order valence-electron chi connectivity index (χ1n) is 4.48. The second-order valence-electron chi connectivity index (χ2n) is 3.31. The van der Waals surface area contributed by atoms with E-state index in [4.69, 9.17) is 0 Å². The van der Waals surface area contributed by atoms with Crippen LogP contribution < -0.4 is 0 Å². The Hall–Kier alpha value is 1.67. The van der Waals surface area contributed by atoms with E-state index in [1.807, 2.05) is 0 Å². The van der Waals surface area contributed by atoms with Crippen LogP contribution in [0.5, 0.6) is 0 Å². The van der Waals surface area contributed by atoms with Crippen LogP contribution in [0.1, 0.15) is 11.1 Å². The van der Waals surface area contributed by atoms with Gasteiger partial charge in [-0.3, -0.25) is 0 Å². The van der Waals surface area contributed by atoms with Crippen LogP contribution in [-0.2, 0) is 0 Å². The second kappa shape index (κ2) is 5.97. The Kier molecular flexibility index (Phi) is 5.29. The summed E-state index contributed by atoms with van der Waals surface area (Å²) >= 11 is 19.7. The Labute approximate surface area is 146 Å². The van der Waals surface area contributed by atoms with Gasteiger partial charge in [-0.05, 0) is 88.7 Å². The predicted octanol–water partition coefficient (Wildman–Crippen LogP) is 7.63. The van der Waals surface area contributed by atoms with Gasteiger partial charge < -0.3 is 0 Å². The summed E-state index contributed by atoms with van der Waals surface area (Å²) in [5.41, 5.74) is 2.58. The lowest BCUT2D eigenvalue weighted by Gasteiger charge is -2.02. The van der Waals surface area contributed by atoms with Crippen LogP contribution in [0.25, 0.3) is 0 Å². The molecule has 7 heteroatoms. The van der Waals surface area contributed by atoms with Gasteiger partial charge in [0.2, 0.25) is 0 Å². The molecule has 0 aliphatic carbocycles. The van der Waals surface area contributed by atoms with Crippen molar-refractivity contribution in [1.82, 2.24) is 0 Å². The van der Waals surface area contributed by atoms with Crippen molar-refractivity contribution in [1.29, 1.82) is 0 Å². The number of halogens is 4. The molecule has 0 radical (unpaired) electrons. The van der Waals surface area contributed by atoms with E-state index in [1.165, 1.54) is 36.1 Å². The lowest BCUT2D eigenvalue weighted by Crippen LogP contribution is -1.77. The average Bonchev–Trinajstić information content (AvgIpc) is 2.62. The van der Waals surface area contributed by atoms with Crippen LogP contribution in [0.2, 0.25) is 0 Å². The summed E-state index contributed by atoms with van der Waals surface area (Å²) in [7, 11) is 0. The molecule has 0 N–H and O–H groups in total. The first kappa shape index (κ1) is 15.1. The summed E-state index contributed by atoms with van der Waals surface area (Å²) in [5, 5.41) is 0. The fraction of sp³-hybridized carbons (Fsp3) is 0.200. The highest BCUT2D eigenvalue weighted by Gasteiger charge is 2.18. The summed E-state index contributed by atoms with van der Waals surface area (Å²) in [6.07, 6.45) is 0. The minimum absolute atomic E-state index is 1.18. The molecule has 0 fully saturated rings. The summed E-state index contributed by atoms with van der Waals surface area (Å²) in [5.74, 6) is 0. The molecule has 0 spiro atoms. The molecule has 2 heterocycles. The standard InChI is InChI=1S/C10H6Br4S3/c1-3-5(9(13)16-7(3)11)15-6-4(2)8(12)17-10(6)14/h1-2H3. The normalized spacial score (nSPS) is 11.2. The van der Waals surface area contributed by atoms with Crippen molar-refractivity contribution >= 4 is 98.2 Å². The van der Waals surface area contributed by atoms with Crippen LogP contribution in [-0.4, -0.2) is 0 Å². The van der Waals surface area contributed by atoms with Gasteiger partial charge in [0.1, 0.15) is 0 Å². The van der Waals surface area contributed by atoms with Gasteiger partial charge >= 0.3 is 0 Å². The summed E-state index contributed by atoms with van der Waals surface area (Å²) in [4.78, 5) is 2.58. The summed E-state index contributed by atoms with van der Waals surface area (Å²) in [6, 6.07) is 0. The van der Waals surface area contributed by atoms with Crippen molar-refractivity contribution in [2.75, 3.05) is 0 Å². The van der Waals surface area contributed by atoms with E-state index in [0.29, 0.717) is 0 Å². The Morgan fingerprint density at radius 3 is 1.29 bits per heavy atom. The molecule has 0 bridgehead atoms. The van der Waals surface area contributed by atoms with Crippen LogP contribution in [0.4, 0.5) is 0 Å². The third-order valence-electron chi connectivity index (χ3n) is 2.19. The first-order valence-corrected chi connectivity index (χ1v) is 10.1. The van der Waals surface area contributed by atoms with Crippen molar-refractivity contribution in [2.24, 2.45) is 0 Å². The predicted molar refractivity (Wildman–Crippen MR) is 93.0 cm³/mol. The van der Waals surface area contributed by atoms with Crippen LogP contribution >= 0.6 is 98.2 Å². The summed E-state index contributed by atoms with van der Waals surface area (Å²) < 4.78 is 4.74. The highest BCUT2D eigenvalue weighted by Crippen LogP contribution is 2.50. The van der Waals surface area contributed by atoms with E-state index in [9.17, 15) is 0 Å².